The molecule has 3 heteroatoms. The quantitative estimate of drug-likeness (QED) is 0.821. The molecule has 0 saturated heterocycles. The summed E-state index contributed by atoms with van der Waals surface area (Å²) in [4.78, 5) is 0. The molecular weight excluding hydrogens is 219 g/mol. The number of benzene rings is 2. The van der Waals surface area contributed by atoms with Crippen LogP contribution in [0.15, 0.2) is 48.5 Å². The molecule has 2 aromatic rings. The standard InChI is InChI=1S/C14H13FO2/c15-14-6-2-5-13(8-14)12-4-1-3-11(7-12)9-17-10-16/h1-8,16H,9-10H2. The number of halogens is 1. The Morgan fingerprint density at radius 3 is 2.41 bits per heavy atom. The lowest BCUT2D eigenvalue weighted by Gasteiger charge is -2.05. The van der Waals surface area contributed by atoms with Crippen LogP contribution in [0.1, 0.15) is 5.56 Å². The maximum Gasteiger partial charge on any atom is 0.144 e. The molecule has 1 N–H and O–H groups in total. The van der Waals surface area contributed by atoms with Gasteiger partial charge in [-0.3, -0.25) is 0 Å². The van der Waals surface area contributed by atoms with Gasteiger partial charge in [-0.25, -0.2) is 4.39 Å². The Morgan fingerprint density at radius 1 is 1.00 bits per heavy atom. The molecule has 0 saturated carbocycles. The van der Waals surface area contributed by atoms with Crippen LogP contribution in [0.3, 0.4) is 0 Å². The summed E-state index contributed by atoms with van der Waals surface area (Å²) in [7, 11) is 0. The Hall–Kier alpha value is -1.71. The first-order chi connectivity index (χ1) is 8.29. The number of hydrogen-bond donors (Lipinski definition) is 1. The van der Waals surface area contributed by atoms with Gasteiger partial charge in [0, 0.05) is 0 Å². The predicted octanol–water partition coefficient (Wildman–Crippen LogP) is 2.96. The Morgan fingerprint density at radius 2 is 1.71 bits per heavy atom. The molecule has 0 bridgehead atoms. The molecule has 0 unspecified atom stereocenters. The van der Waals surface area contributed by atoms with Gasteiger partial charge in [-0.05, 0) is 34.9 Å². The van der Waals surface area contributed by atoms with Crippen molar-refractivity contribution >= 4 is 0 Å². The van der Waals surface area contributed by atoms with E-state index in [2.05, 4.69) is 0 Å². The Balaban J connectivity index is 2.26. The molecule has 17 heavy (non-hydrogen) atoms. The van der Waals surface area contributed by atoms with Crippen LogP contribution in [-0.4, -0.2) is 11.9 Å². The maximum atomic E-state index is 13.1. The van der Waals surface area contributed by atoms with E-state index in [-0.39, 0.29) is 12.6 Å². The molecule has 0 aliphatic rings. The zero-order valence-electron chi connectivity index (χ0n) is 9.27. The summed E-state index contributed by atoms with van der Waals surface area (Å²) in [5, 5.41) is 8.58. The Bertz CT molecular complexity index is 497. The van der Waals surface area contributed by atoms with E-state index in [9.17, 15) is 4.39 Å². The summed E-state index contributed by atoms with van der Waals surface area (Å²) in [6.45, 7) is 0.0455. The van der Waals surface area contributed by atoms with Crippen LogP contribution in [0, 0.1) is 5.82 Å². The SMILES string of the molecule is OCOCc1cccc(-c2cccc(F)c2)c1. The lowest BCUT2D eigenvalue weighted by molar-refractivity contribution is -0.0112. The van der Waals surface area contributed by atoms with Crippen LogP contribution in [0.4, 0.5) is 4.39 Å². The summed E-state index contributed by atoms with van der Waals surface area (Å²) in [6.07, 6.45) is 0. The average molecular weight is 232 g/mol. The minimum Gasteiger partial charge on any atom is -0.371 e. The lowest BCUT2D eigenvalue weighted by atomic mass is 10.0. The van der Waals surface area contributed by atoms with Crippen LogP contribution in [0.2, 0.25) is 0 Å². The largest absolute Gasteiger partial charge is 0.371 e. The van der Waals surface area contributed by atoms with Gasteiger partial charge in [-0.1, -0.05) is 30.3 Å². The van der Waals surface area contributed by atoms with E-state index in [0.717, 1.165) is 16.7 Å². The van der Waals surface area contributed by atoms with Crippen molar-refractivity contribution in [1.82, 2.24) is 0 Å². The van der Waals surface area contributed by atoms with E-state index in [0.29, 0.717) is 6.61 Å². The third kappa shape index (κ3) is 3.12. The van der Waals surface area contributed by atoms with E-state index in [1.807, 2.05) is 30.3 Å². The summed E-state index contributed by atoms with van der Waals surface area (Å²) in [5.41, 5.74) is 2.71. The van der Waals surface area contributed by atoms with Crippen molar-refractivity contribution < 1.29 is 14.2 Å². The fourth-order valence-electron chi connectivity index (χ4n) is 1.67. The minimum absolute atomic E-state index is 0.250. The third-order valence-electron chi connectivity index (χ3n) is 2.44. The van der Waals surface area contributed by atoms with Crippen molar-refractivity contribution in [3.05, 3.63) is 59.9 Å². The molecule has 0 heterocycles. The van der Waals surface area contributed by atoms with Crippen molar-refractivity contribution in [2.75, 3.05) is 6.79 Å². The van der Waals surface area contributed by atoms with E-state index in [4.69, 9.17) is 9.84 Å². The fourth-order valence-corrected chi connectivity index (χ4v) is 1.67. The minimum atomic E-state index is -0.301. The van der Waals surface area contributed by atoms with Crippen molar-refractivity contribution in [3.63, 3.8) is 0 Å². The van der Waals surface area contributed by atoms with Gasteiger partial charge in [0.15, 0.2) is 0 Å². The molecule has 0 atom stereocenters. The molecule has 0 aromatic heterocycles. The molecule has 2 aromatic carbocycles. The maximum absolute atomic E-state index is 13.1. The van der Waals surface area contributed by atoms with Gasteiger partial charge in [0.2, 0.25) is 0 Å². The number of hydrogen-bond acceptors (Lipinski definition) is 2. The molecule has 0 aliphatic carbocycles. The fraction of sp³-hybridized carbons (Fsp3) is 0.143. The van der Waals surface area contributed by atoms with Gasteiger partial charge in [-0.2, -0.15) is 0 Å². The van der Waals surface area contributed by atoms with E-state index in [1.165, 1.54) is 12.1 Å². The second-order valence-electron chi connectivity index (χ2n) is 3.69. The number of rotatable bonds is 4. The van der Waals surface area contributed by atoms with Gasteiger partial charge >= 0.3 is 0 Å². The highest BCUT2D eigenvalue weighted by molar-refractivity contribution is 5.64. The van der Waals surface area contributed by atoms with Crippen molar-refractivity contribution in [3.8, 4) is 11.1 Å². The molecule has 2 nitrogen and oxygen atoms in total. The lowest BCUT2D eigenvalue weighted by Crippen LogP contribution is -1.93. The normalized spacial score (nSPS) is 10.5. The molecule has 88 valence electrons. The molecule has 0 radical (unpaired) electrons. The average Bonchev–Trinajstić information content (AvgIpc) is 2.37. The number of aliphatic hydroxyl groups excluding tert-OH is 1. The monoisotopic (exact) mass is 232 g/mol. The van der Waals surface area contributed by atoms with Crippen molar-refractivity contribution in [2.24, 2.45) is 0 Å². The van der Waals surface area contributed by atoms with Crippen LogP contribution < -0.4 is 0 Å². The van der Waals surface area contributed by atoms with Gasteiger partial charge in [-0.15, -0.1) is 0 Å². The first kappa shape index (κ1) is 11.8. The van der Waals surface area contributed by atoms with Crippen LogP contribution in [-0.2, 0) is 11.3 Å². The molecule has 2 rings (SSSR count). The third-order valence-corrected chi connectivity index (χ3v) is 2.44. The van der Waals surface area contributed by atoms with E-state index in [1.54, 1.807) is 6.07 Å². The molecule has 0 amide bonds. The Labute approximate surface area is 99.3 Å². The zero-order chi connectivity index (χ0) is 12.1. The second kappa shape index (κ2) is 5.57. The molecule has 0 spiro atoms. The molecular formula is C14H13FO2. The van der Waals surface area contributed by atoms with Crippen molar-refractivity contribution in [2.45, 2.75) is 6.61 Å². The van der Waals surface area contributed by atoms with Crippen LogP contribution in [0.25, 0.3) is 11.1 Å². The summed E-state index contributed by atoms with van der Waals surface area (Å²) < 4.78 is 18.0. The van der Waals surface area contributed by atoms with Gasteiger partial charge < -0.3 is 9.84 Å². The van der Waals surface area contributed by atoms with Crippen LogP contribution in [0.5, 0.6) is 0 Å². The molecule has 0 aliphatic heterocycles. The second-order valence-corrected chi connectivity index (χ2v) is 3.69. The summed E-state index contributed by atoms with van der Waals surface area (Å²) >= 11 is 0. The smallest absolute Gasteiger partial charge is 0.144 e. The van der Waals surface area contributed by atoms with Crippen LogP contribution >= 0.6 is 0 Å². The van der Waals surface area contributed by atoms with Crippen molar-refractivity contribution in [1.29, 1.82) is 0 Å². The van der Waals surface area contributed by atoms with E-state index >= 15 is 0 Å². The highest BCUT2D eigenvalue weighted by Gasteiger charge is 2.00. The summed E-state index contributed by atoms with van der Waals surface area (Å²) in [5.74, 6) is -0.250. The highest BCUT2D eigenvalue weighted by atomic mass is 19.1. The van der Waals surface area contributed by atoms with E-state index < -0.39 is 0 Å². The first-order valence-corrected chi connectivity index (χ1v) is 5.33. The van der Waals surface area contributed by atoms with Gasteiger partial charge in [0.05, 0.1) is 6.61 Å². The predicted molar refractivity (Wildman–Crippen MR) is 63.7 cm³/mol. The van der Waals surface area contributed by atoms with Gasteiger partial charge in [0.1, 0.15) is 12.6 Å². The first-order valence-electron chi connectivity index (χ1n) is 5.33. The number of aliphatic hydroxyl groups is 1. The highest BCUT2D eigenvalue weighted by Crippen LogP contribution is 2.21. The number of ether oxygens (including phenoxy) is 1. The summed E-state index contributed by atoms with van der Waals surface area (Å²) in [6, 6.07) is 14.1. The zero-order valence-corrected chi connectivity index (χ0v) is 9.27. The van der Waals surface area contributed by atoms with Gasteiger partial charge in [0.25, 0.3) is 0 Å². The molecule has 0 fully saturated rings. The topological polar surface area (TPSA) is 29.5 Å². The Kier molecular flexibility index (Phi) is 3.85.